The molecule has 0 aromatic heterocycles. The van der Waals surface area contributed by atoms with Gasteiger partial charge in [0.25, 0.3) is 0 Å². The van der Waals surface area contributed by atoms with Crippen LogP contribution in [0.15, 0.2) is 0 Å². The minimum absolute atomic E-state index is 0.0714. The van der Waals surface area contributed by atoms with Crippen molar-refractivity contribution < 1.29 is 9.53 Å². The van der Waals surface area contributed by atoms with Gasteiger partial charge in [-0.3, -0.25) is 9.69 Å². The van der Waals surface area contributed by atoms with Crippen molar-refractivity contribution in [3.8, 4) is 0 Å². The van der Waals surface area contributed by atoms with Crippen LogP contribution in [-0.4, -0.2) is 62.1 Å². The number of piperidine rings is 1. The first kappa shape index (κ1) is 14.5. The Bertz CT molecular complexity index is 231. The van der Waals surface area contributed by atoms with E-state index in [1.807, 2.05) is 0 Å². The number of rotatable bonds is 6. The highest BCUT2D eigenvalue weighted by molar-refractivity contribution is 5.71. The van der Waals surface area contributed by atoms with Crippen LogP contribution >= 0.6 is 0 Å². The average Bonchev–Trinajstić information content (AvgIpc) is 2.29. The lowest BCUT2D eigenvalue weighted by atomic mass is 10.1. The molecule has 0 N–H and O–H groups in total. The summed E-state index contributed by atoms with van der Waals surface area (Å²) in [6.07, 6.45) is 4.44. The van der Waals surface area contributed by atoms with Gasteiger partial charge in [0, 0.05) is 12.6 Å². The Labute approximate surface area is 105 Å². The van der Waals surface area contributed by atoms with Gasteiger partial charge in [0.1, 0.15) is 0 Å². The summed E-state index contributed by atoms with van der Waals surface area (Å²) in [5.41, 5.74) is 0. The molecule has 1 saturated heterocycles. The largest absolute Gasteiger partial charge is 0.465 e. The summed E-state index contributed by atoms with van der Waals surface area (Å²) in [7, 11) is 4.21. The van der Waals surface area contributed by atoms with Crippen LogP contribution in [0.1, 0.15) is 32.6 Å². The van der Waals surface area contributed by atoms with E-state index < -0.39 is 0 Å². The quantitative estimate of drug-likeness (QED) is 0.520. The fraction of sp³-hybridized carbons (Fsp3) is 0.923. The van der Waals surface area contributed by atoms with Crippen molar-refractivity contribution in [3.63, 3.8) is 0 Å². The number of likely N-dealkylation sites (tertiary alicyclic amines) is 1. The highest BCUT2D eigenvalue weighted by atomic mass is 16.5. The first-order chi connectivity index (χ1) is 8.13. The van der Waals surface area contributed by atoms with Gasteiger partial charge in [-0.2, -0.15) is 0 Å². The molecule has 0 bridgehead atoms. The Morgan fingerprint density at radius 3 is 2.88 bits per heavy atom. The van der Waals surface area contributed by atoms with Crippen LogP contribution < -0.4 is 0 Å². The minimum Gasteiger partial charge on any atom is -0.465 e. The molecule has 1 fully saturated rings. The van der Waals surface area contributed by atoms with Crippen molar-refractivity contribution in [2.75, 3.05) is 40.3 Å². The fourth-order valence-corrected chi connectivity index (χ4v) is 2.15. The number of carbonyl (C=O) groups excluding carboxylic acids is 1. The van der Waals surface area contributed by atoms with Gasteiger partial charge in [-0.25, -0.2) is 0 Å². The molecule has 17 heavy (non-hydrogen) atoms. The van der Waals surface area contributed by atoms with E-state index in [1.54, 1.807) is 0 Å². The predicted molar refractivity (Wildman–Crippen MR) is 69.0 cm³/mol. The van der Waals surface area contributed by atoms with Gasteiger partial charge in [0.2, 0.25) is 0 Å². The number of ether oxygens (including phenoxy) is 1. The van der Waals surface area contributed by atoms with Crippen molar-refractivity contribution in [2.45, 2.75) is 38.6 Å². The number of nitrogens with zero attached hydrogens (tertiary/aromatic N) is 2. The molecule has 0 radical (unpaired) electrons. The van der Waals surface area contributed by atoms with Crippen LogP contribution in [-0.2, 0) is 9.53 Å². The zero-order chi connectivity index (χ0) is 12.7. The second-order valence-corrected chi connectivity index (χ2v) is 5.07. The maximum absolute atomic E-state index is 11.6. The van der Waals surface area contributed by atoms with E-state index in [0.717, 1.165) is 25.9 Å². The standard InChI is InChI=1S/C13H26N2O2/c1-4-5-9-17-13(16)11-15-8-6-7-12(10-15)14(2)3/h12H,4-11H2,1-3H3. The fourth-order valence-electron chi connectivity index (χ4n) is 2.15. The van der Waals surface area contributed by atoms with Gasteiger partial charge in [0.05, 0.1) is 13.2 Å². The predicted octanol–water partition coefficient (Wildman–Crippen LogP) is 1.36. The molecule has 0 spiro atoms. The van der Waals surface area contributed by atoms with E-state index in [4.69, 9.17) is 4.74 Å². The Morgan fingerprint density at radius 2 is 2.24 bits per heavy atom. The maximum atomic E-state index is 11.6. The number of unbranched alkanes of at least 4 members (excludes halogenated alkanes) is 1. The van der Waals surface area contributed by atoms with Crippen molar-refractivity contribution in [1.29, 1.82) is 0 Å². The SMILES string of the molecule is CCCCOC(=O)CN1CCCC(N(C)C)C1. The lowest BCUT2D eigenvalue weighted by molar-refractivity contribution is -0.145. The van der Waals surface area contributed by atoms with E-state index in [1.165, 1.54) is 12.8 Å². The van der Waals surface area contributed by atoms with Gasteiger partial charge in [0.15, 0.2) is 0 Å². The van der Waals surface area contributed by atoms with Crippen molar-refractivity contribution in [1.82, 2.24) is 9.80 Å². The molecule has 1 rings (SSSR count). The monoisotopic (exact) mass is 242 g/mol. The number of carbonyl (C=O) groups is 1. The maximum Gasteiger partial charge on any atom is 0.320 e. The first-order valence-electron chi connectivity index (χ1n) is 6.68. The highest BCUT2D eigenvalue weighted by Gasteiger charge is 2.23. The number of hydrogen-bond acceptors (Lipinski definition) is 4. The Morgan fingerprint density at radius 1 is 1.47 bits per heavy atom. The third kappa shape index (κ3) is 5.50. The van der Waals surface area contributed by atoms with E-state index >= 15 is 0 Å². The number of likely N-dealkylation sites (N-methyl/N-ethyl adjacent to an activating group) is 1. The Balaban J connectivity index is 2.23. The highest BCUT2D eigenvalue weighted by Crippen LogP contribution is 2.13. The van der Waals surface area contributed by atoms with E-state index in [9.17, 15) is 4.79 Å². The average molecular weight is 242 g/mol. The smallest absolute Gasteiger partial charge is 0.320 e. The molecule has 1 aliphatic heterocycles. The summed E-state index contributed by atoms with van der Waals surface area (Å²) < 4.78 is 5.19. The molecule has 0 aromatic rings. The van der Waals surface area contributed by atoms with Crippen molar-refractivity contribution in [2.24, 2.45) is 0 Å². The Hall–Kier alpha value is -0.610. The summed E-state index contributed by atoms with van der Waals surface area (Å²) in [5.74, 6) is -0.0714. The summed E-state index contributed by atoms with van der Waals surface area (Å²) in [5, 5.41) is 0. The van der Waals surface area contributed by atoms with E-state index in [-0.39, 0.29) is 5.97 Å². The molecule has 0 amide bonds. The second-order valence-electron chi connectivity index (χ2n) is 5.07. The van der Waals surface area contributed by atoms with Crippen LogP contribution in [0.25, 0.3) is 0 Å². The molecule has 4 heteroatoms. The molecule has 100 valence electrons. The van der Waals surface area contributed by atoms with Gasteiger partial charge in [-0.15, -0.1) is 0 Å². The van der Waals surface area contributed by atoms with Gasteiger partial charge in [-0.05, 0) is 39.9 Å². The van der Waals surface area contributed by atoms with Gasteiger partial charge >= 0.3 is 5.97 Å². The molecular formula is C13H26N2O2. The molecule has 1 heterocycles. The summed E-state index contributed by atoms with van der Waals surface area (Å²) in [6, 6.07) is 0.576. The van der Waals surface area contributed by atoms with Crippen molar-refractivity contribution >= 4 is 5.97 Å². The summed E-state index contributed by atoms with van der Waals surface area (Å²) >= 11 is 0. The third-order valence-corrected chi connectivity index (χ3v) is 3.32. The molecule has 0 aliphatic carbocycles. The molecule has 4 nitrogen and oxygen atoms in total. The van der Waals surface area contributed by atoms with E-state index in [2.05, 4.69) is 30.8 Å². The Kier molecular flexibility index (Phi) is 6.52. The van der Waals surface area contributed by atoms with E-state index in [0.29, 0.717) is 19.2 Å². The first-order valence-corrected chi connectivity index (χ1v) is 6.68. The summed E-state index contributed by atoms with van der Waals surface area (Å²) in [4.78, 5) is 16.0. The lowest BCUT2D eigenvalue weighted by Crippen LogP contribution is -2.46. The van der Waals surface area contributed by atoms with Crippen LogP contribution in [0.3, 0.4) is 0 Å². The van der Waals surface area contributed by atoms with Crippen LogP contribution in [0.5, 0.6) is 0 Å². The lowest BCUT2D eigenvalue weighted by Gasteiger charge is -2.35. The van der Waals surface area contributed by atoms with Gasteiger partial charge < -0.3 is 9.64 Å². The summed E-state index contributed by atoms with van der Waals surface area (Å²) in [6.45, 7) is 5.12. The zero-order valence-corrected chi connectivity index (χ0v) is 11.4. The third-order valence-electron chi connectivity index (χ3n) is 3.32. The van der Waals surface area contributed by atoms with Crippen LogP contribution in [0.4, 0.5) is 0 Å². The van der Waals surface area contributed by atoms with Crippen LogP contribution in [0.2, 0.25) is 0 Å². The molecule has 1 unspecified atom stereocenters. The molecule has 0 aromatic carbocycles. The van der Waals surface area contributed by atoms with Crippen LogP contribution in [0, 0.1) is 0 Å². The van der Waals surface area contributed by atoms with Crippen molar-refractivity contribution in [3.05, 3.63) is 0 Å². The normalized spacial score (nSPS) is 21.8. The topological polar surface area (TPSA) is 32.8 Å². The molecule has 1 aliphatic rings. The molecule has 1 atom stereocenters. The zero-order valence-electron chi connectivity index (χ0n) is 11.4. The second kappa shape index (κ2) is 7.67. The minimum atomic E-state index is -0.0714. The number of hydrogen-bond donors (Lipinski definition) is 0. The van der Waals surface area contributed by atoms with Gasteiger partial charge in [-0.1, -0.05) is 13.3 Å². The molecule has 0 saturated carbocycles. The molecular weight excluding hydrogens is 216 g/mol. The number of esters is 1.